The zero-order valence-electron chi connectivity index (χ0n) is 12.7. The lowest BCUT2D eigenvalue weighted by Gasteiger charge is -2.38. The van der Waals surface area contributed by atoms with Gasteiger partial charge in [0, 0.05) is 53.6 Å². The molecular weight excluding hydrogens is 326 g/mol. The van der Waals surface area contributed by atoms with Gasteiger partial charge in [0.1, 0.15) is 5.01 Å². The third-order valence-corrected chi connectivity index (χ3v) is 4.86. The number of aromatic nitrogens is 3. The molecule has 2 amide bonds. The molecule has 4 rings (SSSR count). The lowest BCUT2D eigenvalue weighted by Crippen LogP contribution is -2.50. The molecule has 1 aliphatic rings. The van der Waals surface area contributed by atoms with Gasteiger partial charge in [0.05, 0.1) is 0 Å². The number of aromatic amines is 2. The maximum absolute atomic E-state index is 12.2. The summed E-state index contributed by atoms with van der Waals surface area (Å²) >= 11 is 1.58. The number of hydrogen-bond donors (Lipinski definition) is 3. The van der Waals surface area contributed by atoms with Crippen LogP contribution in [-0.2, 0) is 0 Å². The number of thiazole rings is 1. The summed E-state index contributed by atoms with van der Waals surface area (Å²) in [5.41, 5.74) is 2.48. The highest BCUT2D eigenvalue weighted by atomic mass is 32.1. The lowest BCUT2D eigenvalue weighted by atomic mass is 9.97. The van der Waals surface area contributed by atoms with Gasteiger partial charge in [0.15, 0.2) is 0 Å². The topological polar surface area (TPSA) is 93.9 Å². The van der Waals surface area contributed by atoms with E-state index >= 15 is 0 Å². The van der Waals surface area contributed by atoms with E-state index in [0.717, 1.165) is 22.0 Å². The number of H-pyrrole nitrogens is 2. The zero-order chi connectivity index (χ0) is 16.5. The van der Waals surface area contributed by atoms with E-state index in [9.17, 15) is 9.59 Å². The van der Waals surface area contributed by atoms with Gasteiger partial charge < -0.3 is 15.3 Å². The van der Waals surface area contributed by atoms with E-state index in [1.807, 2.05) is 29.6 Å². The fourth-order valence-electron chi connectivity index (χ4n) is 2.67. The second-order valence-corrected chi connectivity index (χ2v) is 6.56. The molecule has 0 spiro atoms. The molecule has 1 aliphatic heterocycles. The third-order valence-electron chi connectivity index (χ3n) is 4.04. The molecule has 1 saturated heterocycles. The SMILES string of the molecule is O=C(Nc1ccc(-c2nccs2)cc1)N1CC(c2cc(=O)[nH][nH]2)C1. The van der Waals surface area contributed by atoms with Gasteiger partial charge >= 0.3 is 6.03 Å². The number of likely N-dealkylation sites (tertiary alicyclic amines) is 1. The van der Waals surface area contributed by atoms with Gasteiger partial charge in [-0.15, -0.1) is 11.3 Å². The Balaban J connectivity index is 1.34. The summed E-state index contributed by atoms with van der Waals surface area (Å²) in [6, 6.07) is 9.03. The Morgan fingerprint density at radius 1 is 1.25 bits per heavy atom. The predicted octanol–water partition coefficient (Wildman–Crippen LogP) is 2.46. The number of rotatable bonds is 3. The van der Waals surface area contributed by atoms with E-state index in [1.165, 1.54) is 6.07 Å². The minimum Gasteiger partial charge on any atom is -0.323 e. The summed E-state index contributed by atoms with van der Waals surface area (Å²) in [7, 11) is 0. The molecule has 0 unspecified atom stereocenters. The third kappa shape index (κ3) is 2.83. The first-order valence-electron chi connectivity index (χ1n) is 7.52. The van der Waals surface area contributed by atoms with Crippen LogP contribution in [0.15, 0.2) is 46.7 Å². The Morgan fingerprint density at radius 2 is 2.04 bits per heavy atom. The molecule has 2 aromatic heterocycles. The van der Waals surface area contributed by atoms with Crippen molar-refractivity contribution < 1.29 is 4.79 Å². The highest BCUT2D eigenvalue weighted by Crippen LogP contribution is 2.26. The second-order valence-electron chi connectivity index (χ2n) is 5.66. The number of urea groups is 1. The van der Waals surface area contributed by atoms with Crippen LogP contribution in [-0.4, -0.2) is 39.2 Å². The number of hydrogen-bond acceptors (Lipinski definition) is 4. The minimum atomic E-state index is -0.145. The molecule has 8 heteroatoms. The molecule has 0 saturated carbocycles. The second kappa shape index (κ2) is 5.97. The molecule has 0 atom stereocenters. The first-order chi connectivity index (χ1) is 11.7. The molecule has 3 heterocycles. The van der Waals surface area contributed by atoms with E-state index in [0.29, 0.717) is 13.1 Å². The lowest BCUT2D eigenvalue weighted by molar-refractivity contribution is 0.162. The fraction of sp³-hybridized carbons (Fsp3) is 0.188. The number of nitrogens with one attached hydrogen (secondary N) is 3. The fourth-order valence-corrected chi connectivity index (χ4v) is 3.32. The number of amides is 2. The van der Waals surface area contributed by atoms with Crippen LogP contribution in [0.2, 0.25) is 0 Å². The Morgan fingerprint density at radius 3 is 2.67 bits per heavy atom. The molecule has 3 aromatic rings. The first kappa shape index (κ1) is 14.7. The molecule has 0 aliphatic carbocycles. The number of benzene rings is 1. The summed E-state index contributed by atoms with van der Waals surface area (Å²) in [4.78, 5) is 29.3. The summed E-state index contributed by atoms with van der Waals surface area (Å²) in [6.07, 6.45) is 1.77. The molecule has 1 aromatic carbocycles. The molecule has 122 valence electrons. The van der Waals surface area contributed by atoms with Gasteiger partial charge in [0.2, 0.25) is 0 Å². The molecule has 24 heavy (non-hydrogen) atoms. The van der Waals surface area contributed by atoms with Crippen LogP contribution < -0.4 is 10.9 Å². The van der Waals surface area contributed by atoms with Crippen molar-refractivity contribution in [1.29, 1.82) is 0 Å². The van der Waals surface area contributed by atoms with Crippen LogP contribution in [0.5, 0.6) is 0 Å². The van der Waals surface area contributed by atoms with E-state index in [1.54, 1.807) is 22.4 Å². The maximum atomic E-state index is 12.2. The van der Waals surface area contributed by atoms with Crippen molar-refractivity contribution in [3.05, 3.63) is 58.0 Å². The van der Waals surface area contributed by atoms with E-state index < -0.39 is 0 Å². The number of carbonyl (C=O) groups is 1. The van der Waals surface area contributed by atoms with Crippen LogP contribution in [0.3, 0.4) is 0 Å². The molecule has 3 N–H and O–H groups in total. The highest BCUT2D eigenvalue weighted by Gasteiger charge is 2.32. The zero-order valence-corrected chi connectivity index (χ0v) is 13.5. The van der Waals surface area contributed by atoms with Crippen LogP contribution in [0.4, 0.5) is 10.5 Å². The van der Waals surface area contributed by atoms with Crippen LogP contribution in [0, 0.1) is 0 Å². The predicted molar refractivity (Wildman–Crippen MR) is 92.3 cm³/mol. The highest BCUT2D eigenvalue weighted by molar-refractivity contribution is 7.13. The van der Waals surface area contributed by atoms with Gasteiger partial charge in [-0.1, -0.05) is 0 Å². The summed E-state index contributed by atoms with van der Waals surface area (Å²) in [6.45, 7) is 1.19. The van der Waals surface area contributed by atoms with Crippen molar-refractivity contribution in [2.45, 2.75) is 5.92 Å². The smallest absolute Gasteiger partial charge is 0.321 e. The maximum Gasteiger partial charge on any atom is 0.321 e. The summed E-state index contributed by atoms with van der Waals surface area (Å²) < 4.78 is 0. The van der Waals surface area contributed by atoms with Gasteiger partial charge in [-0.05, 0) is 24.3 Å². The van der Waals surface area contributed by atoms with E-state index in [2.05, 4.69) is 20.5 Å². The molecule has 0 bridgehead atoms. The number of carbonyl (C=O) groups excluding carboxylic acids is 1. The Kier molecular flexibility index (Phi) is 3.66. The van der Waals surface area contributed by atoms with E-state index in [4.69, 9.17) is 0 Å². The van der Waals surface area contributed by atoms with Crippen molar-refractivity contribution in [2.75, 3.05) is 18.4 Å². The van der Waals surface area contributed by atoms with Crippen molar-refractivity contribution in [1.82, 2.24) is 20.1 Å². The monoisotopic (exact) mass is 341 g/mol. The number of nitrogens with zero attached hydrogens (tertiary/aromatic N) is 2. The van der Waals surface area contributed by atoms with Crippen molar-refractivity contribution >= 4 is 23.1 Å². The van der Waals surface area contributed by atoms with Crippen LogP contribution in [0.25, 0.3) is 10.6 Å². The average molecular weight is 341 g/mol. The average Bonchev–Trinajstić information content (AvgIpc) is 3.18. The van der Waals surface area contributed by atoms with Crippen molar-refractivity contribution in [2.24, 2.45) is 0 Å². The van der Waals surface area contributed by atoms with Crippen molar-refractivity contribution in [3.63, 3.8) is 0 Å². The standard InChI is InChI=1S/C16H15N5O2S/c22-14-7-13(19-20-14)11-8-21(9-11)16(23)18-12-3-1-10(2-4-12)15-17-5-6-24-15/h1-7,11H,8-9H2,(H,18,23)(H2,19,20,22). The quantitative estimate of drug-likeness (QED) is 0.683. The van der Waals surface area contributed by atoms with Crippen LogP contribution >= 0.6 is 11.3 Å². The van der Waals surface area contributed by atoms with Gasteiger partial charge in [-0.2, -0.15) is 0 Å². The van der Waals surface area contributed by atoms with Crippen molar-refractivity contribution in [3.8, 4) is 10.6 Å². The van der Waals surface area contributed by atoms with Gasteiger partial charge in [-0.25, -0.2) is 9.78 Å². The summed E-state index contributed by atoms with van der Waals surface area (Å²) in [5.74, 6) is 0.182. The van der Waals surface area contributed by atoms with Gasteiger partial charge in [-0.3, -0.25) is 9.89 Å². The largest absolute Gasteiger partial charge is 0.323 e. The minimum absolute atomic E-state index is 0.133. The molecule has 1 fully saturated rings. The summed E-state index contributed by atoms with van der Waals surface area (Å²) in [5, 5.41) is 11.1. The number of anilines is 1. The molecular formula is C16H15N5O2S. The first-order valence-corrected chi connectivity index (χ1v) is 8.40. The van der Waals surface area contributed by atoms with Gasteiger partial charge in [0.25, 0.3) is 5.56 Å². The molecule has 7 nitrogen and oxygen atoms in total. The van der Waals surface area contributed by atoms with E-state index in [-0.39, 0.29) is 17.5 Å². The molecule has 0 radical (unpaired) electrons. The Labute approximate surface area is 141 Å². The normalized spacial score (nSPS) is 14.4. The Bertz CT molecular complexity index is 891. The van der Waals surface area contributed by atoms with Crippen LogP contribution in [0.1, 0.15) is 11.6 Å². The Hall–Kier alpha value is -2.87.